The van der Waals surface area contributed by atoms with Crippen molar-refractivity contribution >= 4 is 0 Å². The smallest absolute Gasteiger partial charge is 0.0590 e. The van der Waals surface area contributed by atoms with Crippen LogP contribution in [0.25, 0.3) is 0 Å². The van der Waals surface area contributed by atoms with Crippen molar-refractivity contribution in [3.05, 3.63) is 34.9 Å². The van der Waals surface area contributed by atoms with E-state index in [0.29, 0.717) is 12.0 Å². The molecule has 2 heteroatoms. The monoisotopic (exact) mass is 233 g/mol. The molecule has 0 saturated carbocycles. The second kappa shape index (κ2) is 5.19. The Morgan fingerprint density at radius 2 is 2.12 bits per heavy atom. The SMILES string of the molecule is Cc1ccc(CC(N)C2CCOC2C)cc1C. The van der Waals surface area contributed by atoms with Crippen molar-refractivity contribution in [2.45, 2.75) is 45.8 Å². The predicted molar refractivity (Wildman–Crippen MR) is 71.1 cm³/mol. The summed E-state index contributed by atoms with van der Waals surface area (Å²) in [6.45, 7) is 7.31. The van der Waals surface area contributed by atoms with Gasteiger partial charge in [0.15, 0.2) is 0 Å². The van der Waals surface area contributed by atoms with Crippen LogP contribution in [0.1, 0.15) is 30.0 Å². The Balaban J connectivity index is 2.02. The highest BCUT2D eigenvalue weighted by Crippen LogP contribution is 2.25. The number of aryl methyl sites for hydroxylation is 2. The van der Waals surface area contributed by atoms with Gasteiger partial charge in [-0.15, -0.1) is 0 Å². The van der Waals surface area contributed by atoms with E-state index >= 15 is 0 Å². The Hall–Kier alpha value is -0.860. The molecule has 0 radical (unpaired) electrons. The molecule has 1 aromatic carbocycles. The molecular weight excluding hydrogens is 210 g/mol. The Labute approximate surface area is 104 Å². The first-order valence-electron chi connectivity index (χ1n) is 6.51. The van der Waals surface area contributed by atoms with Gasteiger partial charge >= 0.3 is 0 Å². The van der Waals surface area contributed by atoms with Gasteiger partial charge in [0, 0.05) is 18.6 Å². The summed E-state index contributed by atoms with van der Waals surface area (Å²) >= 11 is 0. The second-order valence-electron chi connectivity index (χ2n) is 5.32. The molecule has 3 unspecified atom stereocenters. The summed E-state index contributed by atoms with van der Waals surface area (Å²) in [5.74, 6) is 0.511. The molecule has 0 amide bonds. The summed E-state index contributed by atoms with van der Waals surface area (Å²) in [4.78, 5) is 0. The zero-order chi connectivity index (χ0) is 12.4. The highest BCUT2D eigenvalue weighted by Gasteiger charge is 2.29. The maximum Gasteiger partial charge on any atom is 0.0590 e. The molecule has 2 N–H and O–H groups in total. The maximum absolute atomic E-state index is 6.31. The van der Waals surface area contributed by atoms with Gasteiger partial charge in [0.1, 0.15) is 0 Å². The molecule has 0 aliphatic carbocycles. The fourth-order valence-corrected chi connectivity index (χ4v) is 2.66. The van der Waals surface area contributed by atoms with Crippen LogP contribution < -0.4 is 5.73 Å². The third kappa shape index (κ3) is 2.88. The molecule has 1 saturated heterocycles. The van der Waals surface area contributed by atoms with Crippen molar-refractivity contribution in [3.63, 3.8) is 0 Å². The molecular formula is C15H23NO. The largest absolute Gasteiger partial charge is 0.378 e. The van der Waals surface area contributed by atoms with E-state index in [1.165, 1.54) is 16.7 Å². The van der Waals surface area contributed by atoms with Gasteiger partial charge in [0.2, 0.25) is 0 Å². The molecule has 17 heavy (non-hydrogen) atoms. The van der Waals surface area contributed by atoms with Crippen LogP contribution in [0.3, 0.4) is 0 Å². The van der Waals surface area contributed by atoms with Crippen LogP contribution in [0.2, 0.25) is 0 Å². The van der Waals surface area contributed by atoms with Crippen LogP contribution in [0.15, 0.2) is 18.2 Å². The summed E-state index contributed by atoms with van der Waals surface area (Å²) in [5, 5.41) is 0. The third-order valence-electron chi connectivity index (χ3n) is 4.03. The molecule has 1 aliphatic rings. The zero-order valence-corrected chi connectivity index (χ0v) is 11.1. The van der Waals surface area contributed by atoms with Gasteiger partial charge < -0.3 is 10.5 Å². The first-order chi connectivity index (χ1) is 8.08. The molecule has 1 heterocycles. The van der Waals surface area contributed by atoms with Gasteiger partial charge in [0.05, 0.1) is 6.10 Å². The average molecular weight is 233 g/mol. The molecule has 0 bridgehead atoms. The highest BCUT2D eigenvalue weighted by atomic mass is 16.5. The summed E-state index contributed by atoms with van der Waals surface area (Å²) < 4.78 is 5.59. The number of nitrogens with two attached hydrogens (primary N) is 1. The normalized spacial score (nSPS) is 26.1. The van der Waals surface area contributed by atoms with Gasteiger partial charge in [0.25, 0.3) is 0 Å². The van der Waals surface area contributed by atoms with Crippen LogP contribution in [0.4, 0.5) is 0 Å². The van der Waals surface area contributed by atoms with E-state index in [0.717, 1.165) is 19.4 Å². The lowest BCUT2D eigenvalue weighted by molar-refractivity contribution is 0.0995. The minimum atomic E-state index is 0.217. The predicted octanol–water partition coefficient (Wildman–Crippen LogP) is 2.60. The van der Waals surface area contributed by atoms with Gasteiger partial charge in [-0.2, -0.15) is 0 Å². The van der Waals surface area contributed by atoms with Gasteiger partial charge in [-0.05, 0) is 50.3 Å². The van der Waals surface area contributed by atoms with Crippen LogP contribution in [0.5, 0.6) is 0 Å². The van der Waals surface area contributed by atoms with E-state index in [2.05, 4.69) is 39.0 Å². The fraction of sp³-hybridized carbons (Fsp3) is 0.600. The molecule has 1 fully saturated rings. The molecule has 2 nitrogen and oxygen atoms in total. The molecule has 0 spiro atoms. The molecule has 94 valence electrons. The third-order valence-corrected chi connectivity index (χ3v) is 4.03. The van der Waals surface area contributed by atoms with Crippen molar-refractivity contribution < 1.29 is 4.74 Å². The van der Waals surface area contributed by atoms with E-state index < -0.39 is 0 Å². The molecule has 3 atom stereocenters. The van der Waals surface area contributed by atoms with Gasteiger partial charge in [-0.1, -0.05) is 18.2 Å². The minimum absolute atomic E-state index is 0.217. The van der Waals surface area contributed by atoms with Crippen molar-refractivity contribution in [1.82, 2.24) is 0 Å². The van der Waals surface area contributed by atoms with Crippen molar-refractivity contribution in [3.8, 4) is 0 Å². The molecule has 0 aromatic heterocycles. The van der Waals surface area contributed by atoms with E-state index in [9.17, 15) is 0 Å². The molecule has 2 rings (SSSR count). The van der Waals surface area contributed by atoms with E-state index in [-0.39, 0.29) is 6.04 Å². The Bertz CT molecular complexity index is 389. The number of hydrogen-bond acceptors (Lipinski definition) is 2. The van der Waals surface area contributed by atoms with Crippen molar-refractivity contribution in [2.24, 2.45) is 11.7 Å². The Morgan fingerprint density at radius 1 is 1.35 bits per heavy atom. The van der Waals surface area contributed by atoms with Crippen LogP contribution in [-0.4, -0.2) is 18.8 Å². The van der Waals surface area contributed by atoms with Gasteiger partial charge in [-0.3, -0.25) is 0 Å². The van der Waals surface area contributed by atoms with Crippen molar-refractivity contribution in [2.75, 3.05) is 6.61 Å². The lowest BCUT2D eigenvalue weighted by atomic mass is 9.89. The number of hydrogen-bond donors (Lipinski definition) is 1. The number of ether oxygens (including phenoxy) is 1. The number of benzene rings is 1. The lowest BCUT2D eigenvalue weighted by Gasteiger charge is -2.22. The van der Waals surface area contributed by atoms with Crippen LogP contribution in [0, 0.1) is 19.8 Å². The van der Waals surface area contributed by atoms with E-state index in [1.807, 2.05) is 0 Å². The fourth-order valence-electron chi connectivity index (χ4n) is 2.66. The summed E-state index contributed by atoms with van der Waals surface area (Å²) in [5.41, 5.74) is 10.4. The first kappa shape index (κ1) is 12.6. The zero-order valence-electron chi connectivity index (χ0n) is 11.1. The number of rotatable bonds is 3. The standard InChI is InChI=1S/C15H23NO/c1-10-4-5-13(8-11(10)2)9-15(16)14-6-7-17-12(14)3/h4-5,8,12,14-15H,6-7,9,16H2,1-3H3. The summed E-state index contributed by atoms with van der Waals surface area (Å²) in [6.07, 6.45) is 2.38. The van der Waals surface area contributed by atoms with Crippen LogP contribution in [-0.2, 0) is 11.2 Å². The Morgan fingerprint density at radius 3 is 2.71 bits per heavy atom. The average Bonchev–Trinajstić information content (AvgIpc) is 2.70. The Kier molecular flexibility index (Phi) is 3.85. The quantitative estimate of drug-likeness (QED) is 0.871. The summed E-state index contributed by atoms with van der Waals surface area (Å²) in [6, 6.07) is 6.86. The molecule has 1 aliphatic heterocycles. The lowest BCUT2D eigenvalue weighted by Crippen LogP contribution is -2.36. The summed E-state index contributed by atoms with van der Waals surface area (Å²) in [7, 11) is 0. The highest BCUT2D eigenvalue weighted by molar-refractivity contribution is 5.30. The maximum atomic E-state index is 6.31. The van der Waals surface area contributed by atoms with E-state index in [1.54, 1.807) is 0 Å². The second-order valence-corrected chi connectivity index (χ2v) is 5.32. The molecule has 1 aromatic rings. The minimum Gasteiger partial charge on any atom is -0.378 e. The van der Waals surface area contributed by atoms with Crippen LogP contribution >= 0.6 is 0 Å². The van der Waals surface area contributed by atoms with Gasteiger partial charge in [-0.25, -0.2) is 0 Å². The topological polar surface area (TPSA) is 35.2 Å². The van der Waals surface area contributed by atoms with E-state index in [4.69, 9.17) is 10.5 Å². The van der Waals surface area contributed by atoms with Crippen molar-refractivity contribution in [1.29, 1.82) is 0 Å². The first-order valence-corrected chi connectivity index (χ1v) is 6.51.